The van der Waals surface area contributed by atoms with E-state index in [-0.39, 0.29) is 0 Å². The van der Waals surface area contributed by atoms with Gasteiger partial charge in [0, 0.05) is 25.2 Å². The Morgan fingerprint density at radius 3 is 2.20 bits per heavy atom. The molecule has 0 bridgehead atoms. The third kappa shape index (κ3) is 7.08. The Morgan fingerprint density at radius 1 is 1.00 bits per heavy atom. The normalized spacial score (nSPS) is 24.4. The van der Waals surface area contributed by atoms with Gasteiger partial charge in [0.15, 0.2) is 0 Å². The van der Waals surface area contributed by atoms with Gasteiger partial charge in [-0.2, -0.15) is 0 Å². The molecule has 0 aromatic carbocycles. The van der Waals surface area contributed by atoms with E-state index in [1.165, 1.54) is 71.0 Å². The fourth-order valence-corrected chi connectivity index (χ4v) is 3.37. The van der Waals surface area contributed by atoms with E-state index in [1.54, 1.807) is 0 Å². The van der Waals surface area contributed by atoms with Crippen molar-refractivity contribution in [3.8, 4) is 0 Å². The molecule has 1 saturated heterocycles. The third-order valence-corrected chi connectivity index (χ3v) is 4.72. The summed E-state index contributed by atoms with van der Waals surface area (Å²) in [6.45, 7) is 13.1. The van der Waals surface area contributed by atoms with E-state index in [1.807, 2.05) is 0 Å². The van der Waals surface area contributed by atoms with Gasteiger partial charge in [-0.15, -0.1) is 0 Å². The first-order chi connectivity index (χ1) is 9.65. The van der Waals surface area contributed by atoms with Crippen molar-refractivity contribution in [1.29, 1.82) is 0 Å². The number of nitrogens with zero attached hydrogens (tertiary/aromatic N) is 1. The largest absolute Gasteiger partial charge is 0.311 e. The Kier molecular flexibility index (Phi) is 9.54. The summed E-state index contributed by atoms with van der Waals surface area (Å²) in [6, 6.07) is 1.41. The van der Waals surface area contributed by atoms with Crippen LogP contribution in [0, 0.1) is 5.92 Å². The molecule has 2 heteroatoms. The van der Waals surface area contributed by atoms with Crippen LogP contribution in [0.4, 0.5) is 0 Å². The summed E-state index contributed by atoms with van der Waals surface area (Å²) in [4.78, 5) is 2.74. The van der Waals surface area contributed by atoms with Gasteiger partial charge >= 0.3 is 0 Å². The summed E-state index contributed by atoms with van der Waals surface area (Å²) in [7, 11) is 0. The van der Waals surface area contributed by atoms with Crippen molar-refractivity contribution < 1.29 is 0 Å². The average molecular weight is 283 g/mol. The predicted molar refractivity (Wildman–Crippen MR) is 90.3 cm³/mol. The number of piperazine rings is 1. The molecule has 2 unspecified atom stereocenters. The average Bonchev–Trinajstić information content (AvgIpc) is 2.41. The monoisotopic (exact) mass is 282 g/mol. The third-order valence-electron chi connectivity index (χ3n) is 4.72. The van der Waals surface area contributed by atoms with Crippen molar-refractivity contribution >= 4 is 0 Å². The number of rotatable bonds is 10. The van der Waals surface area contributed by atoms with Crippen LogP contribution in [0.3, 0.4) is 0 Å². The second kappa shape index (κ2) is 10.6. The summed E-state index contributed by atoms with van der Waals surface area (Å²) in [5.74, 6) is 0.768. The smallest absolute Gasteiger partial charge is 0.0244 e. The minimum atomic E-state index is 0.666. The molecule has 1 N–H and O–H groups in total. The lowest BCUT2D eigenvalue weighted by Crippen LogP contribution is -2.57. The fraction of sp³-hybridized carbons (Fsp3) is 1.00. The molecule has 1 aliphatic rings. The van der Waals surface area contributed by atoms with Gasteiger partial charge in [0.05, 0.1) is 0 Å². The molecule has 20 heavy (non-hydrogen) atoms. The van der Waals surface area contributed by atoms with E-state index in [4.69, 9.17) is 0 Å². The van der Waals surface area contributed by atoms with Crippen LogP contribution >= 0.6 is 0 Å². The maximum Gasteiger partial charge on any atom is 0.0244 e. The Morgan fingerprint density at radius 2 is 1.60 bits per heavy atom. The molecule has 0 radical (unpaired) electrons. The second-order valence-electron chi connectivity index (χ2n) is 7.09. The van der Waals surface area contributed by atoms with Crippen LogP contribution in [0.5, 0.6) is 0 Å². The van der Waals surface area contributed by atoms with Crippen LogP contribution in [0.2, 0.25) is 0 Å². The molecular formula is C18H38N2. The van der Waals surface area contributed by atoms with Gasteiger partial charge in [-0.05, 0) is 25.8 Å². The number of unbranched alkanes of at least 4 members (excludes halogenated alkanes) is 7. The molecule has 2 atom stereocenters. The summed E-state index contributed by atoms with van der Waals surface area (Å²) < 4.78 is 0. The maximum atomic E-state index is 3.63. The van der Waals surface area contributed by atoms with Gasteiger partial charge in [0.1, 0.15) is 0 Å². The van der Waals surface area contributed by atoms with E-state index in [2.05, 4.69) is 37.9 Å². The summed E-state index contributed by atoms with van der Waals surface area (Å²) >= 11 is 0. The fourth-order valence-electron chi connectivity index (χ4n) is 3.37. The van der Waals surface area contributed by atoms with Gasteiger partial charge in [-0.3, -0.25) is 4.90 Å². The number of hydrogen-bond donors (Lipinski definition) is 1. The molecule has 120 valence electrons. The van der Waals surface area contributed by atoms with E-state index in [9.17, 15) is 0 Å². The highest BCUT2D eigenvalue weighted by molar-refractivity contribution is 4.85. The van der Waals surface area contributed by atoms with Crippen LogP contribution in [-0.2, 0) is 0 Å². The van der Waals surface area contributed by atoms with Crippen LogP contribution in [-0.4, -0.2) is 36.6 Å². The van der Waals surface area contributed by atoms with Crippen LogP contribution in [0.1, 0.15) is 79.1 Å². The van der Waals surface area contributed by atoms with Crippen LogP contribution in [0.15, 0.2) is 0 Å². The highest BCUT2D eigenvalue weighted by Crippen LogP contribution is 2.16. The summed E-state index contributed by atoms with van der Waals surface area (Å²) in [6.07, 6.45) is 11.4. The highest BCUT2D eigenvalue weighted by atomic mass is 15.2. The van der Waals surface area contributed by atoms with Crippen molar-refractivity contribution in [2.24, 2.45) is 5.92 Å². The Balaban J connectivity index is 2.09. The van der Waals surface area contributed by atoms with Crippen molar-refractivity contribution in [1.82, 2.24) is 10.2 Å². The zero-order valence-electron chi connectivity index (χ0n) is 14.5. The lowest BCUT2D eigenvalue weighted by molar-refractivity contribution is 0.101. The highest BCUT2D eigenvalue weighted by Gasteiger charge is 2.27. The summed E-state index contributed by atoms with van der Waals surface area (Å²) in [5.41, 5.74) is 0. The predicted octanol–water partition coefficient (Wildman–Crippen LogP) is 4.45. The van der Waals surface area contributed by atoms with Gasteiger partial charge in [0.25, 0.3) is 0 Å². The maximum absolute atomic E-state index is 3.63. The van der Waals surface area contributed by atoms with E-state index >= 15 is 0 Å². The molecule has 0 saturated carbocycles. The van der Waals surface area contributed by atoms with E-state index in [0.29, 0.717) is 6.04 Å². The van der Waals surface area contributed by atoms with Crippen molar-refractivity contribution in [3.63, 3.8) is 0 Å². The standard InChI is InChI=1S/C18H38N2/c1-5-6-7-8-9-10-11-12-13-20-15-17(4)19-14-18(20)16(2)3/h16-19H,5-15H2,1-4H3. The Labute approximate surface area is 127 Å². The first-order valence-electron chi connectivity index (χ1n) is 9.12. The van der Waals surface area contributed by atoms with Gasteiger partial charge in [-0.1, -0.05) is 65.7 Å². The zero-order valence-corrected chi connectivity index (χ0v) is 14.5. The molecule has 0 aromatic heterocycles. The first-order valence-corrected chi connectivity index (χ1v) is 9.12. The molecule has 0 spiro atoms. The van der Waals surface area contributed by atoms with Crippen molar-refractivity contribution in [3.05, 3.63) is 0 Å². The topological polar surface area (TPSA) is 15.3 Å². The summed E-state index contributed by atoms with van der Waals surface area (Å²) in [5, 5.41) is 3.63. The van der Waals surface area contributed by atoms with Crippen molar-refractivity contribution in [2.45, 2.75) is 91.1 Å². The molecule has 0 amide bonds. The molecule has 1 heterocycles. The molecular weight excluding hydrogens is 244 g/mol. The molecule has 0 aromatic rings. The molecule has 1 fully saturated rings. The Bertz CT molecular complexity index is 227. The molecule has 2 nitrogen and oxygen atoms in total. The molecule has 1 rings (SSSR count). The molecule has 0 aliphatic carbocycles. The van der Waals surface area contributed by atoms with E-state index in [0.717, 1.165) is 12.0 Å². The minimum absolute atomic E-state index is 0.666. The number of nitrogens with one attached hydrogen (secondary N) is 1. The van der Waals surface area contributed by atoms with Crippen LogP contribution in [0.25, 0.3) is 0 Å². The SMILES string of the molecule is CCCCCCCCCCN1CC(C)NCC1C(C)C. The van der Waals surface area contributed by atoms with Gasteiger partial charge in [-0.25, -0.2) is 0 Å². The van der Waals surface area contributed by atoms with E-state index < -0.39 is 0 Å². The number of hydrogen-bond acceptors (Lipinski definition) is 2. The lowest BCUT2D eigenvalue weighted by Gasteiger charge is -2.41. The van der Waals surface area contributed by atoms with Crippen molar-refractivity contribution in [2.75, 3.05) is 19.6 Å². The zero-order chi connectivity index (χ0) is 14.8. The quantitative estimate of drug-likeness (QED) is 0.596. The molecule has 1 aliphatic heterocycles. The first kappa shape index (κ1) is 18.0. The minimum Gasteiger partial charge on any atom is -0.311 e. The van der Waals surface area contributed by atoms with Gasteiger partial charge in [0.2, 0.25) is 0 Å². The second-order valence-corrected chi connectivity index (χ2v) is 7.09. The Hall–Kier alpha value is -0.0800. The van der Waals surface area contributed by atoms with Gasteiger partial charge < -0.3 is 5.32 Å². The van der Waals surface area contributed by atoms with Crippen LogP contribution < -0.4 is 5.32 Å². The lowest BCUT2D eigenvalue weighted by atomic mass is 9.98.